The smallest absolute Gasteiger partial charge is 0.303 e. The maximum absolute atomic E-state index is 12.0. The molecule has 0 aromatic heterocycles. The molecule has 5 heteroatoms. The summed E-state index contributed by atoms with van der Waals surface area (Å²) in [6.45, 7) is 13.7. The number of hydrogen-bond donors (Lipinski definition) is 1. The predicted octanol–water partition coefficient (Wildman–Crippen LogP) is 4.73. The van der Waals surface area contributed by atoms with Crippen molar-refractivity contribution >= 4 is 11.9 Å². The molecule has 29 heavy (non-hydrogen) atoms. The largest absolute Gasteiger partial charge is 0.458 e. The van der Waals surface area contributed by atoms with E-state index in [0.29, 0.717) is 0 Å². The Morgan fingerprint density at radius 2 is 1.72 bits per heavy atom. The van der Waals surface area contributed by atoms with E-state index in [2.05, 4.69) is 20.8 Å². The van der Waals surface area contributed by atoms with E-state index < -0.39 is 12.2 Å². The summed E-state index contributed by atoms with van der Waals surface area (Å²) in [5.74, 6) is -0.633. The highest BCUT2D eigenvalue weighted by atomic mass is 16.6. The molecule has 0 aliphatic heterocycles. The number of hydrogen-bond acceptors (Lipinski definition) is 5. The summed E-state index contributed by atoms with van der Waals surface area (Å²) in [6.07, 6.45) is 5.71. The highest BCUT2D eigenvalue weighted by Crippen LogP contribution is 2.61. The highest BCUT2D eigenvalue weighted by Gasteiger charge is 2.58. The molecule has 0 spiro atoms. The lowest BCUT2D eigenvalue weighted by atomic mass is 9.48. The maximum atomic E-state index is 12.0. The number of aliphatic hydroxyl groups is 1. The number of carbonyl (C=O) groups is 2. The van der Waals surface area contributed by atoms with Gasteiger partial charge >= 0.3 is 11.9 Å². The van der Waals surface area contributed by atoms with Crippen molar-refractivity contribution in [1.82, 2.24) is 0 Å². The third kappa shape index (κ3) is 4.93. The number of carbonyl (C=O) groups excluding carboxylic acids is 2. The van der Waals surface area contributed by atoms with Crippen molar-refractivity contribution in [2.75, 3.05) is 6.61 Å². The van der Waals surface area contributed by atoms with Gasteiger partial charge in [0.2, 0.25) is 0 Å². The fraction of sp³-hybridized carbons (Fsp3) is 0.750. The molecule has 0 saturated heterocycles. The zero-order valence-electron chi connectivity index (χ0n) is 19.1. The molecular weight excluding hydrogens is 368 g/mol. The van der Waals surface area contributed by atoms with Crippen LogP contribution in [0.2, 0.25) is 0 Å². The number of rotatable bonds is 6. The van der Waals surface area contributed by atoms with Gasteiger partial charge < -0.3 is 14.6 Å². The zero-order chi connectivity index (χ0) is 22.0. The van der Waals surface area contributed by atoms with Gasteiger partial charge in [0.1, 0.15) is 6.10 Å². The molecule has 2 rings (SSSR count). The third-order valence-electron chi connectivity index (χ3n) is 7.07. The average Bonchev–Trinajstić information content (AvgIpc) is 2.56. The fourth-order valence-electron chi connectivity index (χ4n) is 5.99. The summed E-state index contributed by atoms with van der Waals surface area (Å²) in [7, 11) is 0. The Hall–Kier alpha value is -1.62. The van der Waals surface area contributed by atoms with Gasteiger partial charge in [-0.2, -0.15) is 0 Å². The number of esters is 2. The first-order valence-corrected chi connectivity index (χ1v) is 10.7. The van der Waals surface area contributed by atoms with Crippen molar-refractivity contribution in [2.24, 2.45) is 16.7 Å². The van der Waals surface area contributed by atoms with E-state index in [1.807, 2.05) is 19.9 Å². The second-order valence-corrected chi connectivity index (χ2v) is 9.74. The lowest BCUT2D eigenvalue weighted by molar-refractivity contribution is -0.184. The number of fused-ring (bicyclic) bond motifs is 1. The minimum absolute atomic E-state index is 0.0430. The van der Waals surface area contributed by atoms with Gasteiger partial charge in [-0.25, -0.2) is 0 Å². The lowest BCUT2D eigenvalue weighted by Gasteiger charge is -2.58. The number of ether oxygens (including phenoxy) is 2. The van der Waals surface area contributed by atoms with Crippen LogP contribution < -0.4 is 0 Å². The standard InChI is InChI=1S/C24H38O5/c1-15(11-14-25)9-10-19-16(2)20(28-17(3)26)21(29-18(4)27)22-23(5,6)12-8-13-24(19,22)7/h11,20-22,25H,8-10,12-14H2,1-7H3. The molecule has 0 heterocycles. The Morgan fingerprint density at radius 1 is 1.10 bits per heavy atom. The summed E-state index contributed by atoms with van der Waals surface area (Å²) >= 11 is 0. The van der Waals surface area contributed by atoms with Crippen LogP contribution in [0.25, 0.3) is 0 Å². The van der Waals surface area contributed by atoms with Crippen molar-refractivity contribution in [3.63, 3.8) is 0 Å². The zero-order valence-corrected chi connectivity index (χ0v) is 19.1. The van der Waals surface area contributed by atoms with Crippen LogP contribution in [0.4, 0.5) is 0 Å². The van der Waals surface area contributed by atoms with Crippen molar-refractivity contribution in [1.29, 1.82) is 0 Å². The average molecular weight is 407 g/mol. The molecule has 1 N–H and O–H groups in total. The lowest BCUT2D eigenvalue weighted by Crippen LogP contribution is -2.58. The molecule has 1 fully saturated rings. The van der Waals surface area contributed by atoms with E-state index in [0.717, 1.165) is 43.3 Å². The molecule has 5 nitrogen and oxygen atoms in total. The maximum Gasteiger partial charge on any atom is 0.303 e. The van der Waals surface area contributed by atoms with E-state index in [9.17, 15) is 14.7 Å². The Labute approximate surface area is 175 Å². The molecule has 1 saturated carbocycles. The Balaban J connectivity index is 2.60. The molecule has 0 aromatic carbocycles. The third-order valence-corrected chi connectivity index (χ3v) is 7.07. The summed E-state index contributed by atoms with van der Waals surface area (Å²) < 4.78 is 11.6. The topological polar surface area (TPSA) is 72.8 Å². The van der Waals surface area contributed by atoms with Crippen LogP contribution in [-0.4, -0.2) is 35.9 Å². The van der Waals surface area contributed by atoms with Gasteiger partial charge in [-0.05, 0) is 55.9 Å². The Bertz CT molecular complexity index is 702. The van der Waals surface area contributed by atoms with Gasteiger partial charge in [-0.15, -0.1) is 0 Å². The van der Waals surface area contributed by atoms with Gasteiger partial charge in [0.25, 0.3) is 0 Å². The van der Waals surface area contributed by atoms with Crippen LogP contribution in [-0.2, 0) is 19.1 Å². The van der Waals surface area contributed by atoms with E-state index in [-0.39, 0.29) is 35.3 Å². The van der Waals surface area contributed by atoms with E-state index >= 15 is 0 Å². The molecular formula is C24H38O5. The first kappa shape index (κ1) is 23.7. The van der Waals surface area contributed by atoms with Crippen LogP contribution in [0.3, 0.4) is 0 Å². The first-order chi connectivity index (χ1) is 13.4. The fourth-order valence-corrected chi connectivity index (χ4v) is 5.99. The first-order valence-electron chi connectivity index (χ1n) is 10.7. The Morgan fingerprint density at radius 3 is 2.28 bits per heavy atom. The van der Waals surface area contributed by atoms with Crippen LogP contribution in [0.1, 0.15) is 80.6 Å². The molecule has 164 valence electrons. The summed E-state index contributed by atoms with van der Waals surface area (Å²) in [5.41, 5.74) is 3.31. The van der Waals surface area contributed by atoms with E-state index in [1.54, 1.807) is 0 Å². The van der Waals surface area contributed by atoms with Gasteiger partial charge in [0.05, 0.1) is 6.61 Å². The molecule has 4 atom stereocenters. The van der Waals surface area contributed by atoms with Gasteiger partial charge in [0.15, 0.2) is 6.10 Å². The molecule has 0 bridgehead atoms. The van der Waals surface area contributed by atoms with Crippen molar-refractivity contribution < 1.29 is 24.2 Å². The van der Waals surface area contributed by atoms with Crippen molar-refractivity contribution in [3.05, 3.63) is 22.8 Å². The van der Waals surface area contributed by atoms with Gasteiger partial charge in [0, 0.05) is 19.8 Å². The van der Waals surface area contributed by atoms with Crippen molar-refractivity contribution in [2.45, 2.75) is 92.8 Å². The van der Waals surface area contributed by atoms with Crippen LogP contribution in [0, 0.1) is 16.7 Å². The molecule has 2 aliphatic carbocycles. The minimum Gasteiger partial charge on any atom is -0.458 e. The molecule has 0 amide bonds. The van der Waals surface area contributed by atoms with E-state index in [4.69, 9.17) is 9.47 Å². The minimum atomic E-state index is -0.552. The summed E-state index contributed by atoms with van der Waals surface area (Å²) in [6, 6.07) is 0. The summed E-state index contributed by atoms with van der Waals surface area (Å²) in [4.78, 5) is 23.9. The second kappa shape index (κ2) is 9.03. The van der Waals surface area contributed by atoms with Gasteiger partial charge in [-0.1, -0.05) is 44.4 Å². The number of allylic oxidation sites excluding steroid dienone is 2. The van der Waals surface area contributed by atoms with Crippen LogP contribution in [0.5, 0.6) is 0 Å². The second-order valence-electron chi connectivity index (χ2n) is 9.74. The SMILES string of the molecule is CC(=O)OC1C(C)=C(CCC(C)=CCO)C2(C)CCCC(C)(C)C2C1OC(C)=O. The molecule has 0 aromatic rings. The van der Waals surface area contributed by atoms with Crippen LogP contribution >= 0.6 is 0 Å². The molecule has 2 aliphatic rings. The molecule has 0 radical (unpaired) electrons. The Kier molecular flexibility index (Phi) is 7.37. The van der Waals surface area contributed by atoms with Gasteiger partial charge in [-0.3, -0.25) is 9.59 Å². The van der Waals surface area contributed by atoms with Crippen molar-refractivity contribution in [3.8, 4) is 0 Å². The van der Waals surface area contributed by atoms with Crippen LogP contribution in [0.15, 0.2) is 22.8 Å². The predicted molar refractivity (Wildman–Crippen MR) is 113 cm³/mol. The normalized spacial score (nSPS) is 31.9. The number of aliphatic hydroxyl groups excluding tert-OH is 1. The highest BCUT2D eigenvalue weighted by molar-refractivity contribution is 5.68. The van der Waals surface area contributed by atoms with E-state index in [1.165, 1.54) is 19.4 Å². The quantitative estimate of drug-likeness (QED) is 0.510. The molecule has 4 unspecified atom stereocenters. The monoisotopic (exact) mass is 406 g/mol. The summed E-state index contributed by atoms with van der Waals surface area (Å²) in [5, 5.41) is 9.20.